The van der Waals surface area contributed by atoms with Crippen LogP contribution in [0.15, 0.2) is 0 Å². The summed E-state index contributed by atoms with van der Waals surface area (Å²) < 4.78 is 2.23. The molecule has 2 heteroatoms. The monoisotopic (exact) mass is 265 g/mol. The van der Waals surface area contributed by atoms with Crippen molar-refractivity contribution in [2.75, 3.05) is 27.4 Å². The Morgan fingerprint density at radius 1 is 0.737 bits per heavy atom. The SMILES string of the molecule is C#CC#CC#CC#CC#CC#CC.CN(C)P(C)C. The first-order chi connectivity index (χ1) is 9.06. The molecule has 0 aliphatic carbocycles. The lowest BCUT2D eigenvalue weighted by atomic mass is 10.5. The molecular weight excluding hydrogens is 249 g/mol. The van der Waals surface area contributed by atoms with E-state index in [2.05, 4.69) is 97.2 Å². The fraction of sp³-hybridized carbons (Fsp3) is 0.294. The van der Waals surface area contributed by atoms with Gasteiger partial charge in [-0.1, -0.05) is 5.92 Å². The van der Waals surface area contributed by atoms with Gasteiger partial charge in [-0.25, -0.2) is 0 Å². The van der Waals surface area contributed by atoms with Gasteiger partial charge >= 0.3 is 0 Å². The standard InChI is InChI=1S/C13H4.C4H12NP/c1-3-5-7-9-11-13-12-10-8-6-4-2;1-5(2)6(3)4/h1H,2H3;1-4H3. The Balaban J connectivity index is 0. The number of hydrogen-bond donors (Lipinski definition) is 0. The molecule has 0 aliphatic heterocycles. The van der Waals surface area contributed by atoms with E-state index in [1.807, 2.05) is 0 Å². The topological polar surface area (TPSA) is 3.24 Å². The minimum Gasteiger partial charge on any atom is -0.289 e. The Bertz CT molecular complexity index is 585. The van der Waals surface area contributed by atoms with Crippen LogP contribution in [-0.2, 0) is 0 Å². The lowest BCUT2D eigenvalue weighted by Crippen LogP contribution is -2.00. The summed E-state index contributed by atoms with van der Waals surface area (Å²) in [6.07, 6.45) is 4.86. The van der Waals surface area contributed by atoms with Gasteiger partial charge in [0.2, 0.25) is 0 Å². The molecule has 0 amide bonds. The Kier molecular flexibility index (Phi) is 15.8. The first kappa shape index (κ1) is 19.1. The molecule has 0 aromatic carbocycles. The van der Waals surface area contributed by atoms with Crippen LogP contribution in [0.25, 0.3) is 0 Å². The van der Waals surface area contributed by atoms with E-state index < -0.39 is 0 Å². The molecule has 0 rings (SSSR count). The van der Waals surface area contributed by atoms with Crippen LogP contribution in [0.5, 0.6) is 0 Å². The lowest BCUT2D eigenvalue weighted by molar-refractivity contribution is 0.684. The van der Waals surface area contributed by atoms with Crippen LogP contribution in [0.1, 0.15) is 6.92 Å². The van der Waals surface area contributed by atoms with Crippen molar-refractivity contribution in [3.63, 3.8) is 0 Å². The highest BCUT2D eigenvalue weighted by Gasteiger charge is 1.89. The highest BCUT2D eigenvalue weighted by atomic mass is 31.1. The second-order valence-electron chi connectivity index (χ2n) is 3.21. The third-order valence-electron chi connectivity index (χ3n) is 1.50. The highest BCUT2D eigenvalue weighted by molar-refractivity contribution is 7.53. The molecule has 0 fully saturated rings. The fourth-order valence-corrected chi connectivity index (χ4v) is 0.317. The molecule has 0 aromatic heterocycles. The van der Waals surface area contributed by atoms with Crippen molar-refractivity contribution in [3.8, 4) is 71.5 Å². The predicted molar refractivity (Wildman–Crippen MR) is 85.8 cm³/mol. The molecule has 0 aromatic rings. The molecule has 0 radical (unpaired) electrons. The molecule has 0 heterocycles. The molecule has 0 aliphatic rings. The fourth-order valence-electron chi connectivity index (χ4n) is 0.317. The first-order valence-electron chi connectivity index (χ1n) is 5.28. The average Bonchev–Trinajstić information content (AvgIpc) is 2.37. The van der Waals surface area contributed by atoms with Gasteiger partial charge in [0.25, 0.3) is 0 Å². The van der Waals surface area contributed by atoms with E-state index in [1.54, 1.807) is 6.92 Å². The van der Waals surface area contributed by atoms with Gasteiger partial charge in [0.05, 0.1) is 0 Å². The van der Waals surface area contributed by atoms with E-state index in [0.29, 0.717) is 0 Å². The predicted octanol–water partition coefficient (Wildman–Crippen LogP) is 1.86. The van der Waals surface area contributed by atoms with E-state index >= 15 is 0 Å². The summed E-state index contributed by atoms with van der Waals surface area (Å²) in [4.78, 5) is 0. The van der Waals surface area contributed by atoms with Crippen LogP contribution >= 0.6 is 8.07 Å². The number of nitrogens with zero attached hydrogens (tertiary/aromatic N) is 1. The van der Waals surface area contributed by atoms with E-state index in [1.165, 1.54) is 0 Å². The normalized spacial score (nSPS) is 6.00. The Labute approximate surface area is 119 Å². The molecule has 0 saturated heterocycles. The van der Waals surface area contributed by atoms with Gasteiger partial charge in [-0.3, -0.25) is 4.67 Å². The average molecular weight is 265 g/mol. The molecule has 94 valence electrons. The Morgan fingerprint density at radius 2 is 1.05 bits per heavy atom. The number of hydrogen-bond acceptors (Lipinski definition) is 1. The molecular formula is C17H16NP. The molecule has 0 N–H and O–H groups in total. The van der Waals surface area contributed by atoms with Gasteiger partial charge in [0, 0.05) is 0 Å². The Morgan fingerprint density at radius 3 is 1.32 bits per heavy atom. The van der Waals surface area contributed by atoms with Crippen molar-refractivity contribution in [3.05, 3.63) is 0 Å². The molecule has 19 heavy (non-hydrogen) atoms. The van der Waals surface area contributed by atoms with Crippen molar-refractivity contribution in [2.24, 2.45) is 0 Å². The molecule has 0 saturated carbocycles. The summed E-state index contributed by atoms with van der Waals surface area (Å²) in [5.41, 5.74) is 0. The van der Waals surface area contributed by atoms with Crippen LogP contribution in [-0.4, -0.2) is 32.1 Å². The van der Waals surface area contributed by atoms with Gasteiger partial charge in [0.1, 0.15) is 0 Å². The van der Waals surface area contributed by atoms with Crippen LogP contribution in [0.4, 0.5) is 0 Å². The van der Waals surface area contributed by atoms with E-state index in [0.717, 1.165) is 0 Å². The van der Waals surface area contributed by atoms with Crippen LogP contribution in [0, 0.1) is 71.5 Å². The van der Waals surface area contributed by atoms with Gasteiger partial charge in [0.15, 0.2) is 0 Å². The Hall–Kier alpha value is -2.25. The minimum atomic E-state index is 0.174. The maximum atomic E-state index is 4.86. The van der Waals surface area contributed by atoms with Crippen LogP contribution in [0.3, 0.4) is 0 Å². The van der Waals surface area contributed by atoms with Gasteiger partial charge < -0.3 is 0 Å². The molecule has 0 atom stereocenters. The van der Waals surface area contributed by atoms with Crippen molar-refractivity contribution < 1.29 is 0 Å². The second kappa shape index (κ2) is 15.8. The molecule has 0 bridgehead atoms. The summed E-state index contributed by atoms with van der Waals surface area (Å²) >= 11 is 0. The smallest absolute Gasteiger partial charge is 0.00000000397 e. The second-order valence-corrected chi connectivity index (χ2v) is 5.71. The minimum absolute atomic E-state index is 0.174. The van der Waals surface area contributed by atoms with Gasteiger partial charge in [-0.05, 0) is 102 Å². The maximum Gasteiger partial charge on any atom is -0.00000000397 e. The third kappa shape index (κ3) is 21.6. The van der Waals surface area contributed by atoms with Gasteiger partial charge in [-0.15, -0.1) is 6.42 Å². The van der Waals surface area contributed by atoms with Crippen molar-refractivity contribution in [1.29, 1.82) is 0 Å². The van der Waals surface area contributed by atoms with Crippen molar-refractivity contribution in [1.82, 2.24) is 4.67 Å². The van der Waals surface area contributed by atoms with Crippen LogP contribution in [0.2, 0.25) is 0 Å². The zero-order chi connectivity index (χ0) is 14.9. The summed E-state index contributed by atoms with van der Waals surface area (Å²) in [6, 6.07) is 0. The summed E-state index contributed by atoms with van der Waals surface area (Å²) in [7, 11) is 4.38. The maximum absolute atomic E-state index is 4.86. The number of rotatable bonds is 1. The number of terminal acetylenes is 1. The van der Waals surface area contributed by atoms with E-state index in [9.17, 15) is 0 Å². The zero-order valence-corrected chi connectivity index (χ0v) is 12.9. The zero-order valence-electron chi connectivity index (χ0n) is 12.0. The summed E-state index contributed by atoms with van der Waals surface area (Å²) in [5, 5.41) is 0. The summed E-state index contributed by atoms with van der Waals surface area (Å²) in [5.74, 6) is 26.9. The third-order valence-corrected chi connectivity index (χ3v) is 3.10. The van der Waals surface area contributed by atoms with Crippen molar-refractivity contribution in [2.45, 2.75) is 6.92 Å². The molecule has 0 spiro atoms. The van der Waals surface area contributed by atoms with E-state index in [4.69, 9.17) is 6.42 Å². The van der Waals surface area contributed by atoms with Gasteiger partial charge in [-0.2, -0.15) is 0 Å². The quantitative estimate of drug-likeness (QED) is 0.517. The van der Waals surface area contributed by atoms with Crippen molar-refractivity contribution >= 4 is 8.07 Å². The lowest BCUT2D eigenvalue weighted by Gasteiger charge is -2.12. The highest BCUT2D eigenvalue weighted by Crippen LogP contribution is 2.25. The van der Waals surface area contributed by atoms with E-state index in [-0.39, 0.29) is 8.07 Å². The summed E-state index contributed by atoms with van der Waals surface area (Å²) in [6.45, 7) is 6.17. The first-order valence-corrected chi connectivity index (χ1v) is 7.47. The largest absolute Gasteiger partial charge is 0.289 e. The molecule has 0 unspecified atom stereocenters. The van der Waals surface area contributed by atoms with Crippen LogP contribution < -0.4 is 0 Å². The molecule has 1 nitrogen and oxygen atoms in total.